The number of rotatable bonds is 4. The van der Waals surface area contributed by atoms with Crippen LogP contribution in [0.15, 0.2) is 36.7 Å². The van der Waals surface area contributed by atoms with Crippen molar-refractivity contribution >= 4 is 40.8 Å². The van der Waals surface area contributed by atoms with Crippen LogP contribution in [-0.2, 0) is 33.4 Å². The van der Waals surface area contributed by atoms with Gasteiger partial charge in [-0.15, -0.1) is 0 Å². The lowest BCUT2D eigenvalue weighted by atomic mass is 9.74. The van der Waals surface area contributed by atoms with Crippen LogP contribution in [0.3, 0.4) is 0 Å². The van der Waals surface area contributed by atoms with E-state index in [2.05, 4.69) is 26.8 Å². The van der Waals surface area contributed by atoms with Crippen molar-refractivity contribution in [2.24, 2.45) is 5.92 Å². The van der Waals surface area contributed by atoms with E-state index >= 15 is 0 Å². The number of ether oxygens (including phenoxy) is 3. The molecule has 0 bridgehead atoms. The van der Waals surface area contributed by atoms with Crippen molar-refractivity contribution in [2.75, 3.05) is 12.8 Å². The number of likely N-dealkylation sites (tertiary alicyclic amines) is 1. The molecule has 1 aliphatic heterocycles. The van der Waals surface area contributed by atoms with Gasteiger partial charge in [0.2, 0.25) is 11.9 Å². The molecule has 0 aliphatic carbocycles. The molecule has 13 nitrogen and oxygen atoms in total. The van der Waals surface area contributed by atoms with Crippen LogP contribution >= 0.6 is 0 Å². The molecule has 0 radical (unpaired) electrons. The third-order valence-electron chi connectivity index (χ3n) is 7.09. The highest BCUT2D eigenvalue weighted by Gasteiger charge is 2.79. The second-order valence-corrected chi connectivity index (χ2v) is 14.4. The molecular weight excluding hydrogens is 606 g/mol. The van der Waals surface area contributed by atoms with Crippen LogP contribution in [-0.4, -0.2) is 83.8 Å². The van der Waals surface area contributed by atoms with Crippen LogP contribution in [0.4, 0.5) is 5.95 Å². The topological polar surface area (TPSA) is 187 Å². The van der Waals surface area contributed by atoms with Crippen LogP contribution in [0.25, 0.3) is 22.2 Å². The molecular formula is C34H41N5O8. The monoisotopic (exact) mass is 647 g/mol. The molecule has 1 saturated heterocycles. The van der Waals surface area contributed by atoms with Crippen molar-refractivity contribution in [1.82, 2.24) is 19.9 Å². The zero-order valence-electron chi connectivity index (χ0n) is 28.3. The molecule has 3 heterocycles. The summed E-state index contributed by atoms with van der Waals surface area (Å²) in [6.07, 6.45) is 3.27. The zero-order chi connectivity index (χ0) is 35.3. The number of nitrogens with one attached hydrogen (secondary N) is 1. The smallest absolute Gasteiger partial charge is 0.348 e. The Bertz CT molecular complexity index is 1790. The van der Waals surface area contributed by atoms with E-state index in [0.717, 1.165) is 7.05 Å². The minimum absolute atomic E-state index is 0.0837. The van der Waals surface area contributed by atoms with E-state index < -0.39 is 57.7 Å². The Morgan fingerprint density at radius 2 is 1.55 bits per heavy atom. The van der Waals surface area contributed by atoms with Gasteiger partial charge in [0.25, 0.3) is 5.54 Å². The molecule has 4 rings (SSSR count). The number of hydrogen-bond acceptors (Lipinski definition) is 11. The van der Waals surface area contributed by atoms with Gasteiger partial charge in [0, 0.05) is 24.4 Å². The predicted octanol–water partition coefficient (Wildman–Crippen LogP) is 3.14. The van der Waals surface area contributed by atoms with Gasteiger partial charge in [-0.1, -0.05) is 24.0 Å². The van der Waals surface area contributed by atoms with Crippen LogP contribution < -0.4 is 5.73 Å². The number of carbonyl (C=O) groups excluding carboxylic acids is 4. The first-order valence-electron chi connectivity index (χ1n) is 14.9. The maximum absolute atomic E-state index is 14.2. The number of nitrogens with zero attached hydrogens (tertiary/aromatic N) is 3. The summed E-state index contributed by atoms with van der Waals surface area (Å²) in [6.45, 7) is 14.0. The summed E-state index contributed by atoms with van der Waals surface area (Å²) in [7, 11) is 1.11. The molecule has 2 aromatic heterocycles. The third kappa shape index (κ3) is 6.64. The number of esters is 3. The van der Waals surface area contributed by atoms with Gasteiger partial charge in [-0.2, -0.15) is 0 Å². The molecule has 1 fully saturated rings. The fourth-order valence-corrected chi connectivity index (χ4v) is 5.25. The van der Waals surface area contributed by atoms with E-state index in [9.17, 15) is 24.3 Å². The van der Waals surface area contributed by atoms with Gasteiger partial charge >= 0.3 is 17.9 Å². The largest absolute Gasteiger partial charge is 0.459 e. The van der Waals surface area contributed by atoms with Gasteiger partial charge in [0.05, 0.1) is 11.7 Å². The summed E-state index contributed by atoms with van der Waals surface area (Å²) in [5.74, 6) is -1.60. The van der Waals surface area contributed by atoms with Crippen LogP contribution in [0, 0.1) is 17.8 Å². The van der Waals surface area contributed by atoms with Crippen LogP contribution in [0.5, 0.6) is 0 Å². The lowest BCUT2D eigenvalue weighted by Crippen LogP contribution is -2.70. The molecule has 1 aromatic carbocycles. The number of nitrogens with two attached hydrogens (primary N) is 1. The molecule has 2 unspecified atom stereocenters. The molecule has 1 amide bonds. The molecule has 3 aromatic rings. The number of carbonyl (C=O) groups is 4. The number of aromatic amines is 1. The number of H-pyrrole nitrogens is 1. The first-order valence-corrected chi connectivity index (χ1v) is 14.9. The zero-order valence-corrected chi connectivity index (χ0v) is 28.3. The van der Waals surface area contributed by atoms with Gasteiger partial charge in [-0.3, -0.25) is 9.59 Å². The lowest BCUT2D eigenvalue weighted by molar-refractivity contribution is -0.198. The molecule has 2 atom stereocenters. The highest BCUT2D eigenvalue weighted by Crippen LogP contribution is 2.46. The number of aromatic nitrogens is 3. The van der Waals surface area contributed by atoms with Crippen molar-refractivity contribution in [3.63, 3.8) is 0 Å². The van der Waals surface area contributed by atoms with Crippen LogP contribution in [0.1, 0.15) is 67.9 Å². The molecule has 250 valence electrons. The number of amides is 1. The fourth-order valence-electron chi connectivity index (χ4n) is 5.25. The highest BCUT2D eigenvalue weighted by molar-refractivity contribution is 6.17. The molecule has 0 saturated carbocycles. The summed E-state index contributed by atoms with van der Waals surface area (Å²) in [5, 5.41) is 12.6. The number of fused-ring (bicyclic) bond motifs is 1. The Morgan fingerprint density at radius 1 is 0.979 bits per heavy atom. The molecule has 1 aliphatic rings. The van der Waals surface area contributed by atoms with Crippen molar-refractivity contribution in [3.8, 4) is 23.0 Å². The normalized spacial score (nSPS) is 19.6. The summed E-state index contributed by atoms with van der Waals surface area (Å²) in [5.41, 5.74) is -0.776. The minimum Gasteiger partial charge on any atom is -0.459 e. The lowest BCUT2D eigenvalue weighted by Gasteiger charge is -2.41. The summed E-state index contributed by atoms with van der Waals surface area (Å²) >= 11 is 0. The maximum atomic E-state index is 14.2. The van der Waals surface area contributed by atoms with Crippen molar-refractivity contribution in [1.29, 1.82) is 0 Å². The first kappa shape index (κ1) is 34.9. The summed E-state index contributed by atoms with van der Waals surface area (Å²) in [4.78, 5) is 68.0. The second kappa shape index (κ2) is 11.7. The molecule has 4 N–H and O–H groups in total. The average molecular weight is 648 g/mol. The van der Waals surface area contributed by atoms with Gasteiger partial charge in [-0.25, -0.2) is 19.6 Å². The maximum Gasteiger partial charge on any atom is 0.348 e. The van der Waals surface area contributed by atoms with Gasteiger partial charge in [0.1, 0.15) is 22.3 Å². The number of anilines is 1. The summed E-state index contributed by atoms with van der Waals surface area (Å²) < 4.78 is 16.8. The second-order valence-electron chi connectivity index (χ2n) is 14.4. The van der Waals surface area contributed by atoms with E-state index in [4.69, 9.17) is 19.9 Å². The Labute approximate surface area is 273 Å². The van der Waals surface area contributed by atoms with Gasteiger partial charge < -0.3 is 34.9 Å². The molecule has 47 heavy (non-hydrogen) atoms. The Hall–Kier alpha value is -4.96. The predicted molar refractivity (Wildman–Crippen MR) is 172 cm³/mol. The quantitative estimate of drug-likeness (QED) is 0.163. The van der Waals surface area contributed by atoms with E-state index in [0.29, 0.717) is 32.6 Å². The Kier molecular flexibility index (Phi) is 8.68. The number of benzene rings is 1. The van der Waals surface area contributed by atoms with Crippen molar-refractivity contribution in [3.05, 3.63) is 42.2 Å². The number of aliphatic hydroxyl groups is 1. The summed E-state index contributed by atoms with van der Waals surface area (Å²) in [6, 6.07) is 6.77. The van der Waals surface area contributed by atoms with E-state index in [-0.39, 0.29) is 5.95 Å². The fraction of sp³-hybridized carbons (Fsp3) is 0.471. The van der Waals surface area contributed by atoms with E-state index in [1.54, 1.807) is 99.0 Å². The Morgan fingerprint density at radius 3 is 2.11 bits per heavy atom. The average Bonchev–Trinajstić information content (AvgIpc) is 3.39. The Balaban J connectivity index is 1.98. The number of likely N-dealkylation sites (N-methyl/N-ethyl adjacent to an activating group) is 1. The number of nitrogen functional groups attached to an aromatic ring is 1. The SMILES string of the molecule is CN1C(=O)C(C(=O)OC(C)(C)C)C(O)(C#Cc2cccc(-c3c[nH]c4cnc(N)nc34)c2)C1(C(=O)OC(C)(C)C)C(=O)OC(C)(C)C. The van der Waals surface area contributed by atoms with E-state index in [1.165, 1.54) is 0 Å². The van der Waals surface area contributed by atoms with Gasteiger partial charge in [0.15, 0.2) is 11.5 Å². The highest BCUT2D eigenvalue weighted by atomic mass is 16.6. The van der Waals surface area contributed by atoms with Crippen LogP contribution in [0.2, 0.25) is 0 Å². The third-order valence-corrected chi connectivity index (χ3v) is 7.09. The first-order chi connectivity index (χ1) is 21.5. The number of hydrogen-bond donors (Lipinski definition) is 3. The van der Waals surface area contributed by atoms with E-state index in [1.807, 2.05) is 0 Å². The molecule has 13 heteroatoms. The van der Waals surface area contributed by atoms with Gasteiger partial charge in [-0.05, 0) is 80.0 Å². The van der Waals surface area contributed by atoms with Crippen molar-refractivity contribution in [2.45, 2.75) is 90.3 Å². The minimum atomic E-state index is -3.02. The molecule has 0 spiro atoms. The van der Waals surface area contributed by atoms with Crippen molar-refractivity contribution < 1.29 is 38.5 Å². The standard InChI is InChI=1S/C34H41N5O8/c1-30(2,3)45-26(41)23-25(40)39(10)34(27(42)46-31(4,5)6,28(43)47-32(7,8)9)33(23,44)15-14-19-12-11-13-20(16-19)21-17-36-22-18-37-29(35)38-24(21)22/h11-13,16-18,23,36,44H,1-10H3,(H2,35,37,38).